The van der Waals surface area contributed by atoms with Crippen LogP contribution in [-0.4, -0.2) is 46.5 Å². The van der Waals surface area contributed by atoms with Crippen LogP contribution in [0.15, 0.2) is 42.5 Å². The van der Waals surface area contributed by atoms with E-state index in [4.69, 9.17) is 4.98 Å². The Balaban J connectivity index is 1.37. The number of urea groups is 1. The highest BCUT2D eigenvalue weighted by Crippen LogP contribution is 2.32. The zero-order valence-corrected chi connectivity index (χ0v) is 21.7. The molecule has 2 amide bonds. The highest BCUT2D eigenvalue weighted by atomic mass is 32.1. The molecule has 1 aliphatic rings. The number of benzene rings is 2. The Kier molecular flexibility index (Phi) is 7.51. The maximum atomic E-state index is 13.2. The Labute approximate surface area is 207 Å². The van der Waals surface area contributed by atoms with Crippen LogP contribution in [0.5, 0.6) is 0 Å². The van der Waals surface area contributed by atoms with Gasteiger partial charge in [-0.2, -0.15) is 4.37 Å². The number of hydrogen-bond donors (Lipinski definition) is 1. The van der Waals surface area contributed by atoms with Crippen LogP contribution in [-0.2, 0) is 6.42 Å². The minimum atomic E-state index is -0.0213. The molecule has 180 valence electrons. The van der Waals surface area contributed by atoms with E-state index in [9.17, 15) is 4.79 Å². The number of rotatable bonds is 6. The fraction of sp³-hybridized carbons (Fsp3) is 0.444. The highest BCUT2D eigenvalue weighted by molar-refractivity contribution is 7.09. The molecule has 0 atom stereocenters. The number of amides is 2. The van der Waals surface area contributed by atoms with Gasteiger partial charge in [0.15, 0.2) is 0 Å². The van der Waals surface area contributed by atoms with Crippen molar-refractivity contribution in [3.05, 3.63) is 70.5 Å². The molecule has 3 aromatic rings. The molecule has 1 saturated heterocycles. The second-order valence-corrected chi connectivity index (χ2v) is 10.4. The maximum absolute atomic E-state index is 13.2. The van der Waals surface area contributed by atoms with Crippen molar-refractivity contribution in [3.8, 4) is 0 Å². The van der Waals surface area contributed by atoms with Gasteiger partial charge in [-0.3, -0.25) is 0 Å². The van der Waals surface area contributed by atoms with E-state index < -0.39 is 0 Å². The zero-order valence-electron chi connectivity index (χ0n) is 20.8. The first kappa shape index (κ1) is 24.2. The number of carbonyl (C=O) groups is 1. The van der Waals surface area contributed by atoms with Crippen molar-refractivity contribution in [1.82, 2.24) is 14.3 Å². The van der Waals surface area contributed by atoms with E-state index in [1.54, 1.807) is 0 Å². The summed E-state index contributed by atoms with van der Waals surface area (Å²) in [5.41, 5.74) is 5.83. The molecule has 1 fully saturated rings. The summed E-state index contributed by atoms with van der Waals surface area (Å²) in [6, 6.07) is 14.8. The number of nitrogens with zero attached hydrogens (tertiary/aromatic N) is 4. The van der Waals surface area contributed by atoms with E-state index in [0.29, 0.717) is 24.9 Å². The number of hydrogen-bond acceptors (Lipinski definition) is 5. The SMILES string of the molecule is Cc1ccc(Cc2nsc(N3CCN(C(=O)Nc4c(C(C)C)cccc4C(C)C)CC3)n2)cc1. The topological polar surface area (TPSA) is 61.4 Å². The Bertz CT molecular complexity index is 1090. The fourth-order valence-corrected chi connectivity index (χ4v) is 5.05. The summed E-state index contributed by atoms with van der Waals surface area (Å²) in [5, 5.41) is 4.18. The van der Waals surface area contributed by atoms with Crippen molar-refractivity contribution in [1.29, 1.82) is 0 Å². The van der Waals surface area contributed by atoms with Gasteiger partial charge in [-0.05, 0) is 35.4 Å². The standard InChI is InChI=1S/C27H35N5OS/c1-18(2)22-7-6-8-23(19(3)4)25(22)29-26(33)31-13-15-32(16-14-31)27-28-24(30-34-27)17-21-11-9-20(5)10-12-21/h6-12,18-19H,13-17H2,1-5H3,(H,29,33). The van der Waals surface area contributed by atoms with Crippen molar-refractivity contribution < 1.29 is 4.79 Å². The molecule has 2 heterocycles. The van der Waals surface area contributed by atoms with E-state index in [0.717, 1.165) is 36.2 Å². The molecule has 0 spiro atoms. The third kappa shape index (κ3) is 5.58. The van der Waals surface area contributed by atoms with Gasteiger partial charge >= 0.3 is 6.03 Å². The Morgan fingerprint density at radius 2 is 1.59 bits per heavy atom. The van der Waals surface area contributed by atoms with Gasteiger partial charge in [-0.1, -0.05) is 75.7 Å². The normalized spacial score (nSPS) is 14.2. The molecule has 4 rings (SSSR count). The second kappa shape index (κ2) is 10.6. The van der Waals surface area contributed by atoms with Crippen LogP contribution in [0.1, 0.15) is 67.6 Å². The van der Waals surface area contributed by atoms with Gasteiger partial charge in [0.25, 0.3) is 0 Å². The first-order chi connectivity index (χ1) is 16.3. The lowest BCUT2D eigenvalue weighted by molar-refractivity contribution is 0.208. The number of para-hydroxylation sites is 1. The molecule has 1 aromatic heterocycles. The van der Waals surface area contributed by atoms with Gasteiger partial charge in [-0.15, -0.1) is 0 Å². The largest absolute Gasteiger partial charge is 0.343 e. The molecule has 1 aliphatic heterocycles. The maximum Gasteiger partial charge on any atom is 0.321 e. The van der Waals surface area contributed by atoms with E-state index in [2.05, 4.69) is 91.7 Å². The molecule has 0 bridgehead atoms. The van der Waals surface area contributed by atoms with Gasteiger partial charge in [-0.25, -0.2) is 9.78 Å². The van der Waals surface area contributed by atoms with E-state index in [-0.39, 0.29) is 6.03 Å². The van der Waals surface area contributed by atoms with Crippen LogP contribution in [0.2, 0.25) is 0 Å². The number of nitrogens with one attached hydrogen (secondary N) is 1. The minimum Gasteiger partial charge on any atom is -0.343 e. The molecule has 0 saturated carbocycles. The molecule has 6 nitrogen and oxygen atoms in total. The molecular weight excluding hydrogens is 442 g/mol. The van der Waals surface area contributed by atoms with Gasteiger partial charge in [0.05, 0.1) is 0 Å². The quantitative estimate of drug-likeness (QED) is 0.470. The smallest absolute Gasteiger partial charge is 0.321 e. The number of anilines is 2. The van der Waals surface area contributed by atoms with Crippen LogP contribution >= 0.6 is 11.5 Å². The summed E-state index contributed by atoms with van der Waals surface area (Å²) in [7, 11) is 0. The summed E-state index contributed by atoms with van der Waals surface area (Å²) in [6.07, 6.45) is 0.743. The molecule has 1 N–H and O–H groups in total. The minimum absolute atomic E-state index is 0.0213. The summed E-state index contributed by atoms with van der Waals surface area (Å²) < 4.78 is 4.57. The molecule has 7 heteroatoms. The second-order valence-electron chi connectivity index (χ2n) is 9.68. The Morgan fingerprint density at radius 3 is 2.18 bits per heavy atom. The molecule has 0 unspecified atom stereocenters. The lowest BCUT2D eigenvalue weighted by Crippen LogP contribution is -2.50. The lowest BCUT2D eigenvalue weighted by Gasteiger charge is -2.34. The third-order valence-electron chi connectivity index (χ3n) is 6.38. The lowest BCUT2D eigenvalue weighted by atomic mass is 9.93. The highest BCUT2D eigenvalue weighted by Gasteiger charge is 2.25. The van der Waals surface area contributed by atoms with Crippen molar-refractivity contribution in [2.24, 2.45) is 0 Å². The van der Waals surface area contributed by atoms with E-state index in [1.165, 1.54) is 33.8 Å². The Hall–Kier alpha value is -2.93. The van der Waals surface area contributed by atoms with Gasteiger partial charge in [0, 0.05) is 49.8 Å². The molecule has 34 heavy (non-hydrogen) atoms. The Morgan fingerprint density at radius 1 is 0.971 bits per heavy atom. The first-order valence-electron chi connectivity index (χ1n) is 12.1. The van der Waals surface area contributed by atoms with Crippen LogP contribution in [0.3, 0.4) is 0 Å². The molecule has 0 radical (unpaired) electrons. The average molecular weight is 478 g/mol. The van der Waals surface area contributed by atoms with E-state index >= 15 is 0 Å². The van der Waals surface area contributed by atoms with Crippen molar-refractivity contribution in [2.45, 2.75) is 52.9 Å². The number of aromatic nitrogens is 2. The first-order valence-corrected chi connectivity index (χ1v) is 12.9. The van der Waals surface area contributed by atoms with Crippen LogP contribution in [0.4, 0.5) is 15.6 Å². The van der Waals surface area contributed by atoms with Crippen LogP contribution < -0.4 is 10.2 Å². The van der Waals surface area contributed by atoms with Gasteiger partial charge < -0.3 is 15.1 Å². The van der Waals surface area contributed by atoms with Gasteiger partial charge in [0.1, 0.15) is 5.82 Å². The van der Waals surface area contributed by atoms with E-state index in [1.807, 2.05) is 4.90 Å². The predicted octanol–water partition coefficient (Wildman–Crippen LogP) is 6.04. The summed E-state index contributed by atoms with van der Waals surface area (Å²) in [5.74, 6) is 1.55. The number of carbonyl (C=O) groups excluding carboxylic acids is 1. The third-order valence-corrected chi connectivity index (χ3v) is 7.20. The zero-order chi connectivity index (χ0) is 24.2. The summed E-state index contributed by atoms with van der Waals surface area (Å²) in [4.78, 5) is 22.1. The fourth-order valence-electron chi connectivity index (χ4n) is 4.32. The number of piperazine rings is 1. The molecule has 0 aliphatic carbocycles. The predicted molar refractivity (Wildman–Crippen MR) is 141 cm³/mol. The monoisotopic (exact) mass is 477 g/mol. The van der Waals surface area contributed by atoms with Crippen molar-refractivity contribution in [3.63, 3.8) is 0 Å². The molecule has 2 aromatic carbocycles. The van der Waals surface area contributed by atoms with Gasteiger partial charge in [0.2, 0.25) is 5.13 Å². The van der Waals surface area contributed by atoms with Crippen LogP contribution in [0, 0.1) is 6.92 Å². The number of aryl methyl sites for hydroxylation is 1. The summed E-state index contributed by atoms with van der Waals surface area (Å²) in [6.45, 7) is 13.6. The summed E-state index contributed by atoms with van der Waals surface area (Å²) >= 11 is 1.45. The average Bonchev–Trinajstić information content (AvgIpc) is 3.29. The molecular formula is C27H35N5OS. The van der Waals surface area contributed by atoms with Crippen molar-refractivity contribution >= 4 is 28.4 Å². The van der Waals surface area contributed by atoms with Crippen LogP contribution in [0.25, 0.3) is 0 Å². The van der Waals surface area contributed by atoms with Crippen molar-refractivity contribution in [2.75, 3.05) is 36.4 Å².